The summed E-state index contributed by atoms with van der Waals surface area (Å²) in [5, 5.41) is 3.00. The molecule has 0 unspecified atom stereocenters. The lowest BCUT2D eigenvalue weighted by atomic mass is 10.5. The van der Waals surface area contributed by atoms with E-state index >= 15 is 0 Å². The first-order valence-electron chi connectivity index (χ1n) is 5.62. The standard InChI is InChI=1S/C12H17BrN2O2S2/c1-4-6-15(7-5-2)19(16,17)11-8-10(9-14-3)18-12(11)13/h4-5,8,14H,1-2,6-7,9H2,3H3. The van der Waals surface area contributed by atoms with E-state index in [-0.39, 0.29) is 13.1 Å². The van der Waals surface area contributed by atoms with Crippen molar-refractivity contribution in [2.45, 2.75) is 11.4 Å². The largest absolute Gasteiger partial charge is 0.315 e. The van der Waals surface area contributed by atoms with Crippen LogP contribution in [-0.4, -0.2) is 32.9 Å². The monoisotopic (exact) mass is 364 g/mol. The number of sulfonamides is 1. The average Bonchev–Trinajstić information content (AvgIpc) is 2.71. The van der Waals surface area contributed by atoms with Gasteiger partial charge in [0.05, 0.1) is 3.79 Å². The summed E-state index contributed by atoms with van der Waals surface area (Å²) in [6, 6.07) is 1.69. The van der Waals surface area contributed by atoms with Gasteiger partial charge in [-0.1, -0.05) is 12.2 Å². The second-order valence-electron chi connectivity index (χ2n) is 3.78. The Morgan fingerprint density at radius 2 is 2.00 bits per heavy atom. The van der Waals surface area contributed by atoms with E-state index in [4.69, 9.17) is 0 Å². The van der Waals surface area contributed by atoms with Crippen molar-refractivity contribution in [2.75, 3.05) is 20.1 Å². The molecule has 0 saturated carbocycles. The van der Waals surface area contributed by atoms with Crippen molar-refractivity contribution < 1.29 is 8.42 Å². The third-order valence-electron chi connectivity index (χ3n) is 2.34. The van der Waals surface area contributed by atoms with Crippen LogP contribution >= 0.6 is 27.3 Å². The third-order valence-corrected chi connectivity index (χ3v) is 6.42. The predicted molar refractivity (Wildman–Crippen MR) is 83.9 cm³/mol. The molecule has 19 heavy (non-hydrogen) atoms. The minimum absolute atomic E-state index is 0.262. The molecule has 0 aromatic carbocycles. The van der Waals surface area contributed by atoms with Gasteiger partial charge in [-0.05, 0) is 29.0 Å². The summed E-state index contributed by atoms with van der Waals surface area (Å²) < 4.78 is 27.0. The molecule has 0 saturated heterocycles. The Morgan fingerprint density at radius 1 is 1.42 bits per heavy atom. The molecule has 0 amide bonds. The Kier molecular flexibility index (Phi) is 6.41. The maximum Gasteiger partial charge on any atom is 0.245 e. The van der Waals surface area contributed by atoms with Gasteiger partial charge in [-0.25, -0.2) is 8.42 Å². The van der Waals surface area contributed by atoms with Crippen molar-refractivity contribution in [3.63, 3.8) is 0 Å². The first-order chi connectivity index (χ1) is 8.97. The maximum absolute atomic E-state index is 12.5. The van der Waals surface area contributed by atoms with Crippen LogP contribution in [0.3, 0.4) is 0 Å². The van der Waals surface area contributed by atoms with Gasteiger partial charge in [0, 0.05) is 24.5 Å². The number of rotatable bonds is 8. The Balaban J connectivity index is 3.16. The van der Waals surface area contributed by atoms with Gasteiger partial charge in [0.15, 0.2) is 0 Å². The minimum Gasteiger partial charge on any atom is -0.315 e. The van der Waals surface area contributed by atoms with Crippen LogP contribution in [0, 0.1) is 0 Å². The van der Waals surface area contributed by atoms with Crippen LogP contribution in [0.15, 0.2) is 40.1 Å². The van der Waals surface area contributed by atoms with Crippen molar-refractivity contribution in [3.05, 3.63) is 40.0 Å². The molecular weight excluding hydrogens is 348 g/mol. The van der Waals surface area contributed by atoms with Crippen molar-refractivity contribution in [3.8, 4) is 0 Å². The minimum atomic E-state index is -3.53. The summed E-state index contributed by atoms with van der Waals surface area (Å²) in [6.45, 7) is 8.34. The lowest BCUT2D eigenvalue weighted by Crippen LogP contribution is -2.31. The summed E-state index contributed by atoms with van der Waals surface area (Å²) >= 11 is 4.74. The van der Waals surface area contributed by atoms with Crippen LogP contribution in [0.25, 0.3) is 0 Å². The number of thiophene rings is 1. The second-order valence-corrected chi connectivity index (χ2v) is 8.14. The molecule has 0 fully saturated rings. The molecular formula is C12H17BrN2O2S2. The van der Waals surface area contributed by atoms with Gasteiger partial charge in [-0.2, -0.15) is 4.31 Å². The number of nitrogens with one attached hydrogen (secondary N) is 1. The first kappa shape index (κ1) is 16.6. The molecule has 1 aromatic rings. The molecule has 0 aliphatic rings. The van der Waals surface area contributed by atoms with Crippen LogP contribution in [0.5, 0.6) is 0 Å². The number of hydrogen-bond donors (Lipinski definition) is 1. The van der Waals surface area contributed by atoms with E-state index in [9.17, 15) is 8.42 Å². The molecule has 4 nitrogen and oxygen atoms in total. The highest BCUT2D eigenvalue weighted by Crippen LogP contribution is 2.33. The van der Waals surface area contributed by atoms with Crippen LogP contribution in [-0.2, 0) is 16.6 Å². The fraction of sp³-hybridized carbons (Fsp3) is 0.333. The van der Waals surface area contributed by atoms with E-state index in [1.165, 1.54) is 15.6 Å². The lowest BCUT2D eigenvalue weighted by Gasteiger charge is -2.18. The molecule has 1 aromatic heterocycles. The summed E-state index contributed by atoms with van der Waals surface area (Å²) in [7, 11) is -1.70. The van der Waals surface area contributed by atoms with E-state index in [0.29, 0.717) is 15.2 Å². The molecule has 7 heteroatoms. The molecule has 1 N–H and O–H groups in total. The van der Waals surface area contributed by atoms with Gasteiger partial charge >= 0.3 is 0 Å². The fourth-order valence-corrected chi connectivity index (χ4v) is 5.56. The Hall–Kier alpha value is -0.470. The zero-order valence-corrected chi connectivity index (χ0v) is 13.9. The quantitative estimate of drug-likeness (QED) is 0.721. The Morgan fingerprint density at radius 3 is 2.47 bits per heavy atom. The first-order valence-corrected chi connectivity index (χ1v) is 8.67. The van der Waals surface area contributed by atoms with Crippen LogP contribution < -0.4 is 5.32 Å². The summed E-state index contributed by atoms with van der Waals surface area (Å²) in [5.41, 5.74) is 0. The van der Waals surface area contributed by atoms with E-state index in [0.717, 1.165) is 4.88 Å². The zero-order chi connectivity index (χ0) is 14.5. The molecule has 0 aliphatic heterocycles. The highest BCUT2D eigenvalue weighted by molar-refractivity contribution is 9.11. The van der Waals surface area contributed by atoms with Crippen LogP contribution in [0.4, 0.5) is 0 Å². The van der Waals surface area contributed by atoms with Crippen LogP contribution in [0.2, 0.25) is 0 Å². The SMILES string of the molecule is C=CCN(CC=C)S(=O)(=O)c1cc(CNC)sc1Br. The van der Waals surface area contributed by atoms with Crippen molar-refractivity contribution in [2.24, 2.45) is 0 Å². The van der Waals surface area contributed by atoms with Crippen LogP contribution in [0.1, 0.15) is 4.88 Å². The maximum atomic E-state index is 12.5. The summed E-state index contributed by atoms with van der Waals surface area (Å²) in [4.78, 5) is 1.26. The van der Waals surface area contributed by atoms with E-state index in [2.05, 4.69) is 34.4 Å². The molecule has 0 aliphatic carbocycles. The van der Waals surface area contributed by atoms with Gasteiger partial charge < -0.3 is 5.32 Å². The molecule has 0 spiro atoms. The summed E-state index contributed by atoms with van der Waals surface area (Å²) in [5.74, 6) is 0. The fourth-order valence-electron chi connectivity index (χ4n) is 1.53. The van der Waals surface area contributed by atoms with E-state index in [1.54, 1.807) is 18.2 Å². The van der Waals surface area contributed by atoms with Gasteiger partial charge in [-0.15, -0.1) is 24.5 Å². The Bertz CT molecular complexity index is 542. The van der Waals surface area contributed by atoms with Gasteiger partial charge in [-0.3, -0.25) is 0 Å². The van der Waals surface area contributed by atoms with Crippen molar-refractivity contribution >= 4 is 37.3 Å². The average molecular weight is 365 g/mol. The smallest absolute Gasteiger partial charge is 0.245 e. The zero-order valence-electron chi connectivity index (χ0n) is 10.7. The van der Waals surface area contributed by atoms with Gasteiger partial charge in [0.25, 0.3) is 0 Å². The third kappa shape index (κ3) is 4.00. The molecule has 1 heterocycles. The van der Waals surface area contributed by atoms with Crippen molar-refractivity contribution in [1.29, 1.82) is 0 Å². The second kappa shape index (κ2) is 7.35. The highest BCUT2D eigenvalue weighted by Gasteiger charge is 2.26. The predicted octanol–water partition coefficient (Wildman–Crippen LogP) is 2.59. The Labute approximate surface area is 127 Å². The highest BCUT2D eigenvalue weighted by atomic mass is 79.9. The van der Waals surface area contributed by atoms with E-state index < -0.39 is 10.0 Å². The molecule has 0 radical (unpaired) electrons. The topological polar surface area (TPSA) is 49.4 Å². The molecule has 0 atom stereocenters. The molecule has 106 valence electrons. The number of nitrogens with zero attached hydrogens (tertiary/aromatic N) is 1. The molecule has 0 bridgehead atoms. The van der Waals surface area contributed by atoms with Crippen molar-refractivity contribution in [1.82, 2.24) is 9.62 Å². The molecule has 1 rings (SSSR count). The van der Waals surface area contributed by atoms with E-state index in [1.807, 2.05) is 7.05 Å². The van der Waals surface area contributed by atoms with Gasteiger partial charge in [0.2, 0.25) is 10.0 Å². The normalized spacial score (nSPS) is 11.7. The number of halogens is 1. The summed E-state index contributed by atoms with van der Waals surface area (Å²) in [6.07, 6.45) is 3.13. The van der Waals surface area contributed by atoms with Gasteiger partial charge in [0.1, 0.15) is 4.90 Å². The number of hydrogen-bond acceptors (Lipinski definition) is 4. The lowest BCUT2D eigenvalue weighted by molar-refractivity contribution is 0.474.